The second-order valence-electron chi connectivity index (χ2n) is 7.17. The van der Waals surface area contributed by atoms with E-state index in [1.54, 1.807) is 7.11 Å². The number of anilines is 1. The van der Waals surface area contributed by atoms with Crippen molar-refractivity contribution in [3.8, 4) is 0 Å². The quantitative estimate of drug-likeness (QED) is 0.520. The van der Waals surface area contributed by atoms with E-state index in [0.717, 1.165) is 23.2 Å². The topological polar surface area (TPSA) is 50.4 Å². The fourth-order valence-corrected chi connectivity index (χ4v) is 4.60. The third kappa shape index (κ3) is 3.52. The largest absolute Gasteiger partial charge is 0.383 e. The van der Waals surface area contributed by atoms with Gasteiger partial charge in [0.05, 0.1) is 22.7 Å². The lowest BCUT2D eigenvalue weighted by Gasteiger charge is -2.38. The van der Waals surface area contributed by atoms with Crippen LogP contribution in [0.3, 0.4) is 0 Å². The van der Waals surface area contributed by atoms with Gasteiger partial charge in [-0.2, -0.15) is 0 Å². The number of hydrogen-bond acceptors (Lipinski definition) is 3. The van der Waals surface area contributed by atoms with Gasteiger partial charge in [0.2, 0.25) is 0 Å². The van der Waals surface area contributed by atoms with Crippen molar-refractivity contribution >= 4 is 34.8 Å². The average molecular weight is 417 g/mol. The number of carbonyl (C=O) groups excluding carboxylic acids is 1. The van der Waals surface area contributed by atoms with Gasteiger partial charge in [0.1, 0.15) is 0 Å². The van der Waals surface area contributed by atoms with Crippen LogP contribution >= 0.6 is 23.2 Å². The molecule has 0 radical (unpaired) electrons. The van der Waals surface area contributed by atoms with E-state index in [2.05, 4.69) is 22.8 Å². The van der Waals surface area contributed by atoms with Crippen molar-refractivity contribution in [2.24, 2.45) is 5.92 Å². The van der Waals surface area contributed by atoms with E-state index in [-0.39, 0.29) is 17.9 Å². The number of allylic oxidation sites excluding steroid dienone is 2. The molecule has 28 heavy (non-hydrogen) atoms. The Morgan fingerprint density at radius 2 is 2.11 bits per heavy atom. The first kappa shape index (κ1) is 19.3. The monoisotopic (exact) mass is 416 g/mol. The zero-order chi connectivity index (χ0) is 19.7. The first-order valence-corrected chi connectivity index (χ1v) is 10.1. The molecule has 6 heteroatoms. The number of amides is 1. The summed E-state index contributed by atoms with van der Waals surface area (Å²) < 4.78 is 4.99. The highest BCUT2D eigenvalue weighted by Crippen LogP contribution is 2.51. The zero-order valence-electron chi connectivity index (χ0n) is 15.5. The summed E-state index contributed by atoms with van der Waals surface area (Å²) in [5.74, 6) is 0.483. The Bertz CT molecular complexity index is 929. The molecule has 146 valence electrons. The molecular weight excluding hydrogens is 395 g/mol. The summed E-state index contributed by atoms with van der Waals surface area (Å²) in [5, 5.41) is 7.69. The normalized spacial score (nSPS) is 22.3. The van der Waals surface area contributed by atoms with Gasteiger partial charge >= 0.3 is 0 Å². The van der Waals surface area contributed by atoms with E-state index in [9.17, 15) is 4.79 Å². The van der Waals surface area contributed by atoms with Crippen LogP contribution < -0.4 is 10.6 Å². The molecule has 0 saturated heterocycles. The van der Waals surface area contributed by atoms with Gasteiger partial charge in [0.25, 0.3) is 5.91 Å². The predicted molar refractivity (Wildman–Crippen MR) is 113 cm³/mol. The number of rotatable bonds is 5. The number of nitrogens with one attached hydrogen (secondary N) is 2. The molecule has 2 aromatic carbocycles. The fraction of sp³-hybridized carbons (Fsp3) is 0.318. The van der Waals surface area contributed by atoms with Crippen molar-refractivity contribution in [3.05, 3.63) is 75.3 Å². The van der Waals surface area contributed by atoms with E-state index < -0.39 is 0 Å². The van der Waals surface area contributed by atoms with Gasteiger partial charge in [0, 0.05) is 30.8 Å². The standard InChI is InChI=1S/C22H22Cl2N2O2/c1-28-11-10-25-22(27)13-8-9-19-17(12-13)14-4-2-5-15(14)21(26-19)16-6-3-7-18(23)20(16)24/h2-4,6-9,12,14-15,21,26H,5,10-11H2,1H3,(H,25,27). The number of ether oxygens (including phenoxy) is 1. The molecule has 1 amide bonds. The molecule has 3 atom stereocenters. The molecule has 3 unspecified atom stereocenters. The molecular formula is C22H22Cl2N2O2. The molecule has 1 aliphatic heterocycles. The maximum atomic E-state index is 12.4. The summed E-state index contributed by atoms with van der Waals surface area (Å²) in [5.41, 5.74) is 3.85. The van der Waals surface area contributed by atoms with Crippen LogP contribution in [0.1, 0.15) is 39.9 Å². The van der Waals surface area contributed by atoms with Crippen LogP contribution in [-0.2, 0) is 4.74 Å². The Morgan fingerprint density at radius 3 is 2.93 bits per heavy atom. The minimum Gasteiger partial charge on any atom is -0.383 e. The number of methoxy groups -OCH3 is 1. The van der Waals surface area contributed by atoms with E-state index >= 15 is 0 Å². The van der Waals surface area contributed by atoms with Gasteiger partial charge in [-0.3, -0.25) is 4.79 Å². The Morgan fingerprint density at radius 1 is 1.25 bits per heavy atom. The molecule has 1 heterocycles. The maximum absolute atomic E-state index is 12.4. The SMILES string of the molecule is COCCNC(=O)c1ccc2c(c1)C1C=CCC1C(c1cccc(Cl)c1Cl)N2. The summed E-state index contributed by atoms with van der Waals surface area (Å²) in [4.78, 5) is 12.4. The average Bonchev–Trinajstić information content (AvgIpc) is 3.19. The molecule has 0 saturated carbocycles. The number of halogens is 2. The minimum absolute atomic E-state index is 0.0695. The molecule has 0 fully saturated rings. The first-order chi connectivity index (χ1) is 13.6. The minimum atomic E-state index is -0.0848. The third-order valence-corrected chi connectivity index (χ3v) is 6.37. The maximum Gasteiger partial charge on any atom is 0.251 e. The van der Waals surface area contributed by atoms with Crippen molar-refractivity contribution in [2.45, 2.75) is 18.4 Å². The first-order valence-electron chi connectivity index (χ1n) is 9.38. The molecule has 2 N–H and O–H groups in total. The molecule has 0 bridgehead atoms. The van der Waals surface area contributed by atoms with Gasteiger partial charge in [0.15, 0.2) is 0 Å². The highest BCUT2D eigenvalue weighted by Gasteiger charge is 2.39. The number of carbonyl (C=O) groups is 1. The smallest absolute Gasteiger partial charge is 0.251 e. The van der Waals surface area contributed by atoms with E-state index in [1.807, 2.05) is 36.4 Å². The Kier molecular flexibility index (Phi) is 5.63. The van der Waals surface area contributed by atoms with Gasteiger partial charge < -0.3 is 15.4 Å². The molecule has 1 aliphatic carbocycles. The van der Waals surface area contributed by atoms with E-state index in [4.69, 9.17) is 27.9 Å². The Balaban J connectivity index is 1.65. The molecule has 0 aromatic heterocycles. The summed E-state index contributed by atoms with van der Waals surface area (Å²) in [7, 11) is 1.62. The lowest BCUT2D eigenvalue weighted by atomic mass is 9.76. The van der Waals surface area contributed by atoms with Crippen LogP contribution in [0.15, 0.2) is 48.6 Å². The van der Waals surface area contributed by atoms with Crippen molar-refractivity contribution in [1.82, 2.24) is 5.32 Å². The van der Waals surface area contributed by atoms with Gasteiger partial charge in [-0.1, -0.05) is 47.5 Å². The predicted octanol–water partition coefficient (Wildman–Crippen LogP) is 5.20. The molecule has 4 nitrogen and oxygen atoms in total. The van der Waals surface area contributed by atoms with Gasteiger partial charge in [-0.25, -0.2) is 0 Å². The lowest BCUT2D eigenvalue weighted by molar-refractivity contribution is 0.0937. The van der Waals surface area contributed by atoms with Crippen LogP contribution in [0.2, 0.25) is 10.0 Å². The van der Waals surface area contributed by atoms with Gasteiger partial charge in [-0.15, -0.1) is 0 Å². The number of fused-ring (bicyclic) bond motifs is 3. The van der Waals surface area contributed by atoms with Crippen molar-refractivity contribution in [3.63, 3.8) is 0 Å². The van der Waals surface area contributed by atoms with E-state index in [1.165, 1.54) is 0 Å². The van der Waals surface area contributed by atoms with E-state index in [0.29, 0.717) is 34.7 Å². The molecule has 4 rings (SSSR count). The van der Waals surface area contributed by atoms with Crippen LogP contribution in [0.4, 0.5) is 5.69 Å². The van der Waals surface area contributed by atoms with Crippen LogP contribution in [0.5, 0.6) is 0 Å². The highest BCUT2D eigenvalue weighted by molar-refractivity contribution is 6.42. The van der Waals surface area contributed by atoms with Crippen molar-refractivity contribution in [2.75, 3.05) is 25.6 Å². The van der Waals surface area contributed by atoms with Crippen LogP contribution in [-0.4, -0.2) is 26.2 Å². The zero-order valence-corrected chi connectivity index (χ0v) is 17.1. The molecule has 0 spiro atoms. The van der Waals surface area contributed by atoms with Crippen LogP contribution in [0.25, 0.3) is 0 Å². The number of hydrogen-bond donors (Lipinski definition) is 2. The Hall–Kier alpha value is -2.01. The molecule has 2 aromatic rings. The summed E-state index contributed by atoms with van der Waals surface area (Å²) in [6, 6.07) is 11.7. The molecule has 2 aliphatic rings. The number of benzene rings is 2. The second-order valence-corrected chi connectivity index (χ2v) is 7.95. The van der Waals surface area contributed by atoms with Crippen molar-refractivity contribution < 1.29 is 9.53 Å². The lowest BCUT2D eigenvalue weighted by Crippen LogP contribution is -2.30. The summed E-state index contributed by atoms with van der Waals surface area (Å²) in [6.45, 7) is 0.986. The third-order valence-electron chi connectivity index (χ3n) is 5.53. The van der Waals surface area contributed by atoms with Gasteiger partial charge in [-0.05, 0) is 47.7 Å². The summed E-state index contributed by atoms with van der Waals surface area (Å²) in [6.07, 6.45) is 5.40. The van der Waals surface area contributed by atoms with Crippen molar-refractivity contribution in [1.29, 1.82) is 0 Å². The second kappa shape index (κ2) is 8.16. The highest BCUT2D eigenvalue weighted by atomic mass is 35.5. The Labute approximate surface area is 174 Å². The fourth-order valence-electron chi connectivity index (χ4n) is 4.17. The van der Waals surface area contributed by atoms with Crippen LogP contribution in [0, 0.1) is 5.92 Å². The summed E-state index contributed by atoms with van der Waals surface area (Å²) >= 11 is 12.8.